The van der Waals surface area contributed by atoms with Crippen molar-refractivity contribution in [1.29, 1.82) is 0 Å². The fourth-order valence-corrected chi connectivity index (χ4v) is 2.09. The second kappa shape index (κ2) is 4.75. The van der Waals surface area contributed by atoms with Crippen LogP contribution in [-0.2, 0) is 4.79 Å². The molecule has 2 rings (SSSR count). The highest BCUT2D eigenvalue weighted by atomic mass is 79.9. The molecule has 0 spiro atoms. The third-order valence-electron chi connectivity index (χ3n) is 2.46. The highest BCUT2D eigenvalue weighted by molar-refractivity contribution is 9.10. The van der Waals surface area contributed by atoms with Gasteiger partial charge in [-0.3, -0.25) is 15.0 Å². The smallest absolute Gasteiger partial charge is 0.328 e. The molecule has 0 radical (unpaired) electrons. The van der Waals surface area contributed by atoms with E-state index in [0.717, 1.165) is 4.47 Å². The van der Waals surface area contributed by atoms with Gasteiger partial charge in [-0.25, -0.2) is 4.79 Å². The number of methoxy groups -OCH3 is 1. The van der Waals surface area contributed by atoms with Crippen LogP contribution in [0, 0.1) is 0 Å². The van der Waals surface area contributed by atoms with Crippen LogP contribution in [0.25, 0.3) is 0 Å². The third-order valence-corrected chi connectivity index (χ3v) is 2.92. The van der Waals surface area contributed by atoms with Gasteiger partial charge in [0.15, 0.2) is 0 Å². The highest BCUT2D eigenvalue weighted by Gasteiger charge is 2.24. The van der Waals surface area contributed by atoms with E-state index >= 15 is 0 Å². The molecule has 90 valence electrons. The van der Waals surface area contributed by atoms with Crippen LogP contribution >= 0.6 is 15.9 Å². The van der Waals surface area contributed by atoms with Crippen molar-refractivity contribution in [1.82, 2.24) is 5.32 Å². The Bertz CT molecular complexity index is 476. The molecule has 0 aromatic heterocycles. The number of hydrogen-bond acceptors (Lipinski definition) is 3. The number of carbonyl (C=O) groups excluding carboxylic acids is 2. The first-order chi connectivity index (χ1) is 8.10. The van der Waals surface area contributed by atoms with Gasteiger partial charge in [0.25, 0.3) is 0 Å². The fraction of sp³-hybridized carbons (Fsp3) is 0.273. The summed E-state index contributed by atoms with van der Waals surface area (Å²) in [6.07, 6.45) is 0.306. The van der Waals surface area contributed by atoms with Crippen LogP contribution in [0.5, 0.6) is 5.75 Å². The molecule has 1 aromatic rings. The van der Waals surface area contributed by atoms with Crippen molar-refractivity contribution in [2.75, 3.05) is 18.6 Å². The molecule has 1 heterocycles. The molecule has 1 aliphatic rings. The molecule has 0 atom stereocenters. The van der Waals surface area contributed by atoms with E-state index in [1.165, 1.54) is 4.90 Å². The van der Waals surface area contributed by atoms with E-state index in [9.17, 15) is 9.59 Å². The average molecular weight is 299 g/mol. The minimum absolute atomic E-state index is 0.242. The third kappa shape index (κ3) is 2.58. The summed E-state index contributed by atoms with van der Waals surface area (Å²) in [6, 6.07) is 4.95. The zero-order valence-electron chi connectivity index (χ0n) is 9.20. The number of hydrogen-bond donors (Lipinski definition) is 1. The Morgan fingerprint density at radius 2 is 2.12 bits per heavy atom. The topological polar surface area (TPSA) is 58.6 Å². The van der Waals surface area contributed by atoms with Gasteiger partial charge in [-0.2, -0.15) is 0 Å². The van der Waals surface area contributed by atoms with Crippen molar-refractivity contribution in [3.63, 3.8) is 0 Å². The SMILES string of the molecule is COc1cc(Br)cc(N2CCC(=O)NC2=O)c1. The summed E-state index contributed by atoms with van der Waals surface area (Å²) in [5.41, 5.74) is 0.696. The first kappa shape index (κ1) is 11.9. The number of nitrogens with zero attached hydrogens (tertiary/aromatic N) is 1. The summed E-state index contributed by atoms with van der Waals surface area (Å²) in [5.74, 6) is 0.410. The number of imide groups is 1. The number of anilines is 1. The predicted molar refractivity (Wildman–Crippen MR) is 66.2 cm³/mol. The Labute approximate surface area is 107 Å². The lowest BCUT2D eigenvalue weighted by Gasteiger charge is -2.26. The molecule has 1 saturated heterocycles. The minimum Gasteiger partial charge on any atom is -0.497 e. The lowest BCUT2D eigenvalue weighted by molar-refractivity contribution is -0.120. The lowest BCUT2D eigenvalue weighted by atomic mass is 10.2. The van der Waals surface area contributed by atoms with E-state index in [1.807, 2.05) is 0 Å². The molecule has 6 heteroatoms. The van der Waals surface area contributed by atoms with Crippen molar-refractivity contribution >= 4 is 33.6 Å². The largest absolute Gasteiger partial charge is 0.497 e. The van der Waals surface area contributed by atoms with Crippen molar-refractivity contribution in [3.8, 4) is 5.75 Å². The van der Waals surface area contributed by atoms with Crippen LogP contribution in [0.1, 0.15) is 6.42 Å². The summed E-state index contributed by atoms with van der Waals surface area (Å²) < 4.78 is 5.94. The average Bonchev–Trinajstić information content (AvgIpc) is 2.28. The van der Waals surface area contributed by atoms with Gasteiger partial charge in [0.05, 0.1) is 12.8 Å². The first-order valence-corrected chi connectivity index (χ1v) is 5.85. The molecule has 5 nitrogen and oxygen atoms in total. The number of amides is 3. The van der Waals surface area contributed by atoms with E-state index in [0.29, 0.717) is 24.4 Å². The zero-order chi connectivity index (χ0) is 12.4. The van der Waals surface area contributed by atoms with Gasteiger partial charge in [-0.1, -0.05) is 15.9 Å². The first-order valence-electron chi connectivity index (χ1n) is 5.06. The Kier molecular flexibility index (Phi) is 3.33. The Morgan fingerprint density at radius 3 is 2.76 bits per heavy atom. The van der Waals surface area contributed by atoms with Crippen LogP contribution in [0.15, 0.2) is 22.7 Å². The summed E-state index contributed by atoms with van der Waals surface area (Å²) >= 11 is 3.35. The summed E-state index contributed by atoms with van der Waals surface area (Å²) in [6.45, 7) is 0.379. The molecule has 0 unspecified atom stereocenters. The fourth-order valence-electron chi connectivity index (χ4n) is 1.63. The van der Waals surface area contributed by atoms with Gasteiger partial charge in [0.2, 0.25) is 5.91 Å². The van der Waals surface area contributed by atoms with Crippen molar-refractivity contribution in [2.24, 2.45) is 0 Å². The molecule has 0 bridgehead atoms. The standard InChI is InChI=1S/C11H11BrN2O3/c1-17-9-5-7(12)4-8(6-9)14-3-2-10(15)13-11(14)16/h4-6H,2-3H2,1H3,(H,13,15,16). The molecular formula is C11H11BrN2O3. The van der Waals surface area contributed by atoms with Gasteiger partial charge >= 0.3 is 6.03 Å². The summed E-state index contributed by atoms with van der Waals surface area (Å²) in [7, 11) is 1.56. The predicted octanol–water partition coefficient (Wildman–Crippen LogP) is 1.90. The number of urea groups is 1. The Balaban J connectivity index is 2.30. The molecule has 17 heavy (non-hydrogen) atoms. The van der Waals surface area contributed by atoms with Crippen molar-refractivity contribution < 1.29 is 14.3 Å². The number of benzene rings is 1. The minimum atomic E-state index is -0.401. The van der Waals surface area contributed by atoms with Crippen LogP contribution in [0.4, 0.5) is 10.5 Å². The second-order valence-corrected chi connectivity index (χ2v) is 4.52. The lowest BCUT2D eigenvalue weighted by Crippen LogP contribution is -2.49. The molecule has 1 fully saturated rings. The van der Waals surface area contributed by atoms with E-state index in [1.54, 1.807) is 25.3 Å². The number of nitrogens with one attached hydrogen (secondary N) is 1. The number of rotatable bonds is 2. The van der Waals surface area contributed by atoms with Gasteiger partial charge in [-0.15, -0.1) is 0 Å². The molecule has 1 N–H and O–H groups in total. The van der Waals surface area contributed by atoms with E-state index < -0.39 is 6.03 Å². The Hall–Kier alpha value is -1.56. The maximum absolute atomic E-state index is 11.7. The number of ether oxygens (including phenoxy) is 1. The summed E-state index contributed by atoms with van der Waals surface area (Å²) in [4.78, 5) is 24.2. The maximum Gasteiger partial charge on any atom is 0.328 e. The monoisotopic (exact) mass is 298 g/mol. The van der Waals surface area contributed by atoms with E-state index in [2.05, 4.69) is 21.2 Å². The number of carbonyl (C=O) groups is 2. The normalized spacial score (nSPS) is 15.8. The Morgan fingerprint density at radius 1 is 1.35 bits per heavy atom. The second-order valence-electron chi connectivity index (χ2n) is 3.60. The van der Waals surface area contributed by atoms with Crippen LogP contribution in [0.3, 0.4) is 0 Å². The molecule has 0 saturated carbocycles. The van der Waals surface area contributed by atoms with Gasteiger partial charge in [0, 0.05) is 23.5 Å². The molecule has 3 amide bonds. The molecule has 1 aromatic carbocycles. The van der Waals surface area contributed by atoms with Crippen molar-refractivity contribution in [3.05, 3.63) is 22.7 Å². The number of halogens is 1. The quantitative estimate of drug-likeness (QED) is 0.907. The highest BCUT2D eigenvalue weighted by Crippen LogP contribution is 2.28. The summed E-state index contributed by atoms with van der Waals surface area (Å²) in [5, 5.41) is 2.28. The zero-order valence-corrected chi connectivity index (χ0v) is 10.8. The van der Waals surface area contributed by atoms with E-state index in [4.69, 9.17) is 4.74 Å². The van der Waals surface area contributed by atoms with Crippen LogP contribution in [0.2, 0.25) is 0 Å². The molecule has 0 aliphatic carbocycles. The molecular weight excluding hydrogens is 288 g/mol. The molecule has 1 aliphatic heterocycles. The van der Waals surface area contributed by atoms with Gasteiger partial charge in [-0.05, 0) is 12.1 Å². The maximum atomic E-state index is 11.7. The van der Waals surface area contributed by atoms with Gasteiger partial charge in [0.1, 0.15) is 5.75 Å². The van der Waals surface area contributed by atoms with Crippen LogP contribution < -0.4 is 15.0 Å². The van der Waals surface area contributed by atoms with Gasteiger partial charge < -0.3 is 4.74 Å². The van der Waals surface area contributed by atoms with Crippen LogP contribution in [-0.4, -0.2) is 25.6 Å². The van der Waals surface area contributed by atoms with E-state index in [-0.39, 0.29) is 5.91 Å². The van der Waals surface area contributed by atoms with Crippen molar-refractivity contribution in [2.45, 2.75) is 6.42 Å².